The van der Waals surface area contributed by atoms with Gasteiger partial charge < -0.3 is 15.6 Å². The number of rotatable bonds is 8. The molecule has 6 nitrogen and oxygen atoms in total. The Kier molecular flexibility index (Phi) is 6.90. The molecule has 2 aromatic rings. The van der Waals surface area contributed by atoms with Crippen molar-refractivity contribution in [3.8, 4) is 0 Å². The lowest BCUT2D eigenvalue weighted by molar-refractivity contribution is -0.160. The number of hydrogen-bond acceptors (Lipinski definition) is 6. The Bertz CT molecular complexity index is 817. The first-order valence-electron chi connectivity index (χ1n) is 7.79. The number of nitrogens with zero attached hydrogens (tertiary/aromatic N) is 2. The predicted octanol–water partition coefficient (Wildman–Crippen LogP) is 3.51. The van der Waals surface area contributed by atoms with Crippen molar-refractivity contribution in [1.29, 1.82) is 0 Å². The molecule has 8 heteroatoms. The topological polar surface area (TPSA) is 97.8 Å². The number of carboxylic acid groups (broad SMARTS) is 1. The largest absolute Gasteiger partial charge is 0.479 e. The summed E-state index contributed by atoms with van der Waals surface area (Å²) in [6, 6.07) is 7.46. The summed E-state index contributed by atoms with van der Waals surface area (Å²) in [7, 11) is 0. The highest BCUT2D eigenvalue weighted by Crippen LogP contribution is 2.17. The number of benzene rings is 1. The minimum Gasteiger partial charge on any atom is -0.479 e. The molecule has 1 aromatic heterocycles. The number of carbonyl (C=O) groups is 1. The molecule has 2 rings (SSSR count). The van der Waals surface area contributed by atoms with Crippen molar-refractivity contribution in [1.82, 2.24) is 4.98 Å². The summed E-state index contributed by atoms with van der Waals surface area (Å²) in [5, 5.41) is 11.6. The van der Waals surface area contributed by atoms with Crippen LogP contribution in [0.3, 0.4) is 0 Å². The molecular formula is C18H20ClN3O3S. The number of allylic oxidation sites excluding steroid dienone is 1. The van der Waals surface area contributed by atoms with Crippen molar-refractivity contribution in [2.45, 2.75) is 26.0 Å². The number of carboxylic acids is 1. The Morgan fingerprint density at radius 2 is 2.19 bits per heavy atom. The number of aliphatic carboxylic acids is 1. The van der Waals surface area contributed by atoms with E-state index in [9.17, 15) is 4.79 Å². The highest BCUT2D eigenvalue weighted by Gasteiger charge is 2.27. The average Bonchev–Trinajstić information content (AvgIpc) is 3.12. The van der Waals surface area contributed by atoms with E-state index in [1.807, 2.05) is 23.6 Å². The molecule has 0 bridgehead atoms. The van der Waals surface area contributed by atoms with E-state index in [1.54, 1.807) is 17.7 Å². The van der Waals surface area contributed by atoms with Gasteiger partial charge in [0.05, 0.1) is 30.1 Å². The zero-order valence-corrected chi connectivity index (χ0v) is 16.0. The molecule has 0 aliphatic heterocycles. The number of aromatic nitrogens is 1. The van der Waals surface area contributed by atoms with Crippen LogP contribution < -0.4 is 5.73 Å². The SMILES string of the molecule is CC(C)(OCC(N)=CC(=NCc1ccccc1Cl)c1cscn1)C(=O)O. The molecule has 1 aromatic carbocycles. The van der Waals surface area contributed by atoms with E-state index in [2.05, 4.69) is 9.98 Å². The first-order valence-corrected chi connectivity index (χ1v) is 9.11. The molecule has 138 valence electrons. The van der Waals surface area contributed by atoms with Crippen LogP contribution in [0.25, 0.3) is 0 Å². The Morgan fingerprint density at radius 3 is 2.81 bits per heavy atom. The molecule has 0 radical (unpaired) electrons. The first kappa shape index (κ1) is 20.1. The van der Waals surface area contributed by atoms with E-state index in [-0.39, 0.29) is 6.61 Å². The van der Waals surface area contributed by atoms with Crippen molar-refractivity contribution < 1.29 is 14.6 Å². The van der Waals surface area contributed by atoms with Crippen molar-refractivity contribution in [2.75, 3.05) is 6.61 Å². The Balaban J connectivity index is 2.19. The van der Waals surface area contributed by atoms with Crippen molar-refractivity contribution >= 4 is 34.6 Å². The second kappa shape index (κ2) is 8.93. The second-order valence-electron chi connectivity index (χ2n) is 5.99. The maximum Gasteiger partial charge on any atom is 0.335 e. The molecule has 0 unspecified atom stereocenters. The molecule has 0 atom stereocenters. The minimum absolute atomic E-state index is 0.0332. The number of nitrogens with two attached hydrogens (primary N) is 1. The van der Waals surface area contributed by atoms with Gasteiger partial charge in [0.15, 0.2) is 5.60 Å². The molecule has 1 heterocycles. The van der Waals surface area contributed by atoms with Gasteiger partial charge in [-0.25, -0.2) is 9.78 Å². The standard InChI is InChI=1S/C18H20ClN3O3S/c1-18(2,17(23)24)25-9-13(20)7-15(16-10-26-11-22-16)21-8-12-5-3-4-6-14(12)19/h3-7,10-11H,8-9,20H2,1-2H3,(H,23,24). The van der Waals surface area contributed by atoms with Crippen LogP contribution in [0.1, 0.15) is 25.1 Å². The van der Waals surface area contributed by atoms with Crippen molar-refractivity contribution in [3.05, 3.63) is 63.2 Å². The predicted molar refractivity (Wildman–Crippen MR) is 104 cm³/mol. The van der Waals surface area contributed by atoms with Gasteiger partial charge in [-0.2, -0.15) is 0 Å². The van der Waals surface area contributed by atoms with Crippen LogP contribution in [0.15, 0.2) is 51.9 Å². The molecule has 0 saturated carbocycles. The van der Waals surface area contributed by atoms with Gasteiger partial charge in [-0.1, -0.05) is 29.8 Å². The number of halogens is 1. The molecule has 0 saturated heterocycles. The number of thiazole rings is 1. The molecule has 0 amide bonds. The van der Waals surface area contributed by atoms with Crippen LogP contribution in [0.5, 0.6) is 0 Å². The number of ether oxygens (including phenoxy) is 1. The third-order valence-corrected chi connectivity index (χ3v) is 4.46. The monoisotopic (exact) mass is 393 g/mol. The van der Waals surface area contributed by atoms with E-state index in [4.69, 9.17) is 27.2 Å². The van der Waals surface area contributed by atoms with Crippen LogP contribution in [-0.4, -0.2) is 34.0 Å². The van der Waals surface area contributed by atoms with Crippen LogP contribution in [0.4, 0.5) is 0 Å². The molecular weight excluding hydrogens is 374 g/mol. The van der Waals surface area contributed by atoms with Gasteiger partial charge in [0.1, 0.15) is 0 Å². The first-order chi connectivity index (χ1) is 12.3. The van der Waals surface area contributed by atoms with Gasteiger partial charge in [0, 0.05) is 16.1 Å². The summed E-state index contributed by atoms with van der Waals surface area (Å²) in [4.78, 5) is 19.9. The summed E-state index contributed by atoms with van der Waals surface area (Å²) < 4.78 is 5.37. The maximum absolute atomic E-state index is 11.1. The van der Waals surface area contributed by atoms with Gasteiger partial charge >= 0.3 is 5.97 Å². The highest BCUT2D eigenvalue weighted by molar-refractivity contribution is 7.07. The summed E-state index contributed by atoms with van der Waals surface area (Å²) in [5.41, 5.74) is 8.88. The molecule has 0 fully saturated rings. The minimum atomic E-state index is -1.33. The molecule has 26 heavy (non-hydrogen) atoms. The lowest BCUT2D eigenvalue weighted by atomic mass is 10.1. The van der Waals surface area contributed by atoms with Crippen LogP contribution >= 0.6 is 22.9 Å². The summed E-state index contributed by atoms with van der Waals surface area (Å²) in [6.07, 6.45) is 1.64. The highest BCUT2D eigenvalue weighted by atomic mass is 35.5. The maximum atomic E-state index is 11.1. The van der Waals surface area contributed by atoms with E-state index in [0.717, 1.165) is 5.56 Å². The zero-order valence-electron chi connectivity index (χ0n) is 14.5. The third-order valence-electron chi connectivity index (χ3n) is 3.51. The van der Waals surface area contributed by atoms with Crippen molar-refractivity contribution in [3.63, 3.8) is 0 Å². The van der Waals surface area contributed by atoms with Gasteiger partial charge in [-0.05, 0) is 31.6 Å². The van der Waals surface area contributed by atoms with Gasteiger partial charge in [-0.3, -0.25) is 4.99 Å². The lowest BCUT2D eigenvalue weighted by Gasteiger charge is -2.20. The summed E-state index contributed by atoms with van der Waals surface area (Å²) >= 11 is 7.61. The van der Waals surface area contributed by atoms with Crippen LogP contribution in [0, 0.1) is 0 Å². The third kappa shape index (κ3) is 5.66. The molecule has 0 aliphatic carbocycles. The fourth-order valence-electron chi connectivity index (χ4n) is 1.88. The lowest BCUT2D eigenvalue weighted by Crippen LogP contribution is -2.36. The smallest absolute Gasteiger partial charge is 0.335 e. The van der Waals surface area contributed by atoms with E-state index in [0.29, 0.717) is 28.7 Å². The molecule has 3 N–H and O–H groups in total. The van der Waals surface area contributed by atoms with Crippen molar-refractivity contribution in [2.24, 2.45) is 10.7 Å². The average molecular weight is 394 g/mol. The Morgan fingerprint density at radius 1 is 1.46 bits per heavy atom. The normalized spacial score (nSPS) is 13.0. The Hall–Kier alpha value is -2.22. The Labute approximate surface area is 161 Å². The van der Waals surface area contributed by atoms with E-state index >= 15 is 0 Å². The van der Waals surface area contributed by atoms with Gasteiger partial charge in [-0.15, -0.1) is 11.3 Å². The summed E-state index contributed by atoms with van der Waals surface area (Å²) in [5.74, 6) is -1.06. The second-order valence-corrected chi connectivity index (χ2v) is 7.12. The molecule has 0 aliphatic rings. The number of aliphatic imine (C=N–C) groups is 1. The fourth-order valence-corrected chi connectivity index (χ4v) is 2.62. The zero-order chi connectivity index (χ0) is 19.2. The van der Waals surface area contributed by atoms with Gasteiger partial charge in [0.25, 0.3) is 0 Å². The molecule has 0 spiro atoms. The van der Waals surface area contributed by atoms with E-state index < -0.39 is 11.6 Å². The fraction of sp³-hybridized carbons (Fsp3) is 0.278. The number of hydrogen-bond donors (Lipinski definition) is 2. The van der Waals surface area contributed by atoms with Crippen LogP contribution in [-0.2, 0) is 16.1 Å². The van der Waals surface area contributed by atoms with Crippen LogP contribution in [0.2, 0.25) is 5.02 Å². The van der Waals surface area contributed by atoms with E-state index in [1.165, 1.54) is 25.2 Å². The van der Waals surface area contributed by atoms with Gasteiger partial charge in [0.2, 0.25) is 0 Å². The summed E-state index contributed by atoms with van der Waals surface area (Å²) in [6.45, 7) is 3.28. The quantitative estimate of drug-likeness (QED) is 0.669.